The zero-order valence-electron chi connectivity index (χ0n) is 12.1. The van der Waals surface area contributed by atoms with Crippen LogP contribution in [-0.4, -0.2) is 28.2 Å². The molecule has 0 saturated heterocycles. The number of aryl methyl sites for hydroxylation is 1. The molecule has 0 saturated carbocycles. The number of rotatable bonds is 6. The van der Waals surface area contributed by atoms with Gasteiger partial charge in [-0.2, -0.15) is 8.78 Å². The Balaban J connectivity index is 1.97. The van der Waals surface area contributed by atoms with Crippen molar-refractivity contribution in [2.24, 2.45) is 0 Å². The van der Waals surface area contributed by atoms with Crippen molar-refractivity contribution < 1.29 is 18.3 Å². The van der Waals surface area contributed by atoms with Gasteiger partial charge < -0.3 is 15.8 Å². The number of nitrogens with zero attached hydrogens (tertiary/aromatic N) is 2. The lowest BCUT2D eigenvalue weighted by Gasteiger charge is -2.11. The molecule has 0 unspecified atom stereocenters. The third kappa shape index (κ3) is 5.37. The average molecular weight is 340 g/mol. The summed E-state index contributed by atoms with van der Waals surface area (Å²) in [5.41, 5.74) is 6.46. The second-order valence-electron chi connectivity index (χ2n) is 4.43. The minimum Gasteiger partial charge on any atom is -0.433 e. The molecule has 9 heteroatoms. The summed E-state index contributed by atoms with van der Waals surface area (Å²) in [6.07, 6.45) is 0. The minimum atomic E-state index is -2.97. The van der Waals surface area contributed by atoms with Gasteiger partial charge in [-0.05, 0) is 19.1 Å². The van der Waals surface area contributed by atoms with Crippen molar-refractivity contribution in [3.8, 4) is 5.75 Å². The van der Waals surface area contributed by atoms with Gasteiger partial charge in [0, 0.05) is 11.8 Å². The largest absolute Gasteiger partial charge is 0.433 e. The van der Waals surface area contributed by atoms with Crippen molar-refractivity contribution in [1.29, 1.82) is 0 Å². The van der Waals surface area contributed by atoms with Gasteiger partial charge in [-0.3, -0.25) is 4.79 Å². The van der Waals surface area contributed by atoms with Crippen LogP contribution in [0.3, 0.4) is 0 Å². The van der Waals surface area contributed by atoms with Crippen LogP contribution in [0.15, 0.2) is 35.5 Å². The number of alkyl halides is 2. The van der Waals surface area contributed by atoms with E-state index in [0.717, 1.165) is 11.8 Å². The molecule has 23 heavy (non-hydrogen) atoms. The zero-order valence-corrected chi connectivity index (χ0v) is 12.9. The van der Waals surface area contributed by atoms with Crippen molar-refractivity contribution in [2.45, 2.75) is 18.7 Å². The van der Waals surface area contributed by atoms with Gasteiger partial charge in [-0.25, -0.2) is 9.97 Å². The Morgan fingerprint density at radius 1 is 1.39 bits per heavy atom. The fourth-order valence-electron chi connectivity index (χ4n) is 1.71. The number of nitrogens with two attached hydrogens (primary N) is 1. The molecule has 0 bridgehead atoms. The zero-order chi connectivity index (χ0) is 16.8. The summed E-state index contributed by atoms with van der Waals surface area (Å²) >= 11 is 1.09. The van der Waals surface area contributed by atoms with E-state index in [9.17, 15) is 13.6 Å². The first-order valence-electron chi connectivity index (χ1n) is 6.51. The SMILES string of the molecule is Cc1cc(N)nc(SCC(=O)Nc2ccccc2OC(F)F)n1. The number of halogens is 2. The van der Waals surface area contributed by atoms with E-state index in [4.69, 9.17) is 5.73 Å². The van der Waals surface area contributed by atoms with Crippen LogP contribution in [0.4, 0.5) is 20.3 Å². The molecule has 0 fully saturated rings. The number of carbonyl (C=O) groups is 1. The Labute approximate surface area is 135 Å². The maximum absolute atomic E-state index is 12.3. The first-order valence-corrected chi connectivity index (χ1v) is 7.50. The Morgan fingerprint density at radius 2 is 2.13 bits per heavy atom. The molecule has 0 aliphatic carbocycles. The third-order valence-electron chi connectivity index (χ3n) is 2.56. The molecule has 0 aliphatic heterocycles. The molecule has 1 aromatic heterocycles. The van der Waals surface area contributed by atoms with E-state index in [1.54, 1.807) is 19.1 Å². The van der Waals surface area contributed by atoms with Gasteiger partial charge in [0.1, 0.15) is 11.6 Å². The highest BCUT2D eigenvalue weighted by atomic mass is 32.2. The number of aromatic nitrogens is 2. The van der Waals surface area contributed by atoms with E-state index >= 15 is 0 Å². The second-order valence-corrected chi connectivity index (χ2v) is 5.37. The van der Waals surface area contributed by atoms with Gasteiger partial charge in [0.05, 0.1) is 11.4 Å². The predicted octanol–water partition coefficient (Wildman–Crippen LogP) is 2.70. The summed E-state index contributed by atoms with van der Waals surface area (Å²) in [5.74, 6) is -0.177. The van der Waals surface area contributed by atoms with Crippen molar-refractivity contribution in [3.05, 3.63) is 36.0 Å². The fraction of sp³-hybridized carbons (Fsp3) is 0.214. The summed E-state index contributed by atoms with van der Waals surface area (Å²) in [6.45, 7) is -1.20. The van der Waals surface area contributed by atoms with Crippen LogP contribution in [0, 0.1) is 6.92 Å². The number of nitrogen functional groups attached to an aromatic ring is 1. The molecule has 2 aromatic rings. The molecule has 0 spiro atoms. The van der Waals surface area contributed by atoms with Gasteiger partial charge in [-0.1, -0.05) is 23.9 Å². The number of carbonyl (C=O) groups excluding carboxylic acids is 1. The monoisotopic (exact) mass is 340 g/mol. The number of thioether (sulfide) groups is 1. The van der Waals surface area contributed by atoms with Gasteiger partial charge in [0.15, 0.2) is 5.16 Å². The molecular formula is C14H14F2N4O2S. The van der Waals surface area contributed by atoms with Gasteiger partial charge >= 0.3 is 6.61 Å². The summed E-state index contributed by atoms with van der Waals surface area (Å²) in [6, 6.07) is 7.57. The van der Waals surface area contributed by atoms with Crippen molar-refractivity contribution in [3.63, 3.8) is 0 Å². The van der Waals surface area contributed by atoms with Crippen LogP contribution < -0.4 is 15.8 Å². The number of benzene rings is 1. The first kappa shape index (κ1) is 16.9. The topological polar surface area (TPSA) is 90.1 Å². The predicted molar refractivity (Wildman–Crippen MR) is 83.6 cm³/mol. The van der Waals surface area contributed by atoms with E-state index in [1.165, 1.54) is 18.2 Å². The standard InChI is InChI=1S/C14H14F2N4O2S/c1-8-6-11(17)20-14(18-8)23-7-12(21)19-9-4-2-3-5-10(9)22-13(15)16/h2-6,13H,7H2,1H3,(H,19,21)(H2,17,18,20). The summed E-state index contributed by atoms with van der Waals surface area (Å²) < 4.78 is 29.0. The number of nitrogens with one attached hydrogen (secondary N) is 1. The highest BCUT2D eigenvalue weighted by molar-refractivity contribution is 7.99. The molecule has 6 nitrogen and oxygen atoms in total. The van der Waals surface area contributed by atoms with Crippen LogP contribution in [0.1, 0.15) is 5.69 Å². The van der Waals surface area contributed by atoms with Gasteiger partial charge in [0.25, 0.3) is 0 Å². The molecule has 0 radical (unpaired) electrons. The van der Waals surface area contributed by atoms with Crippen LogP contribution >= 0.6 is 11.8 Å². The van der Waals surface area contributed by atoms with Crippen molar-refractivity contribution in [2.75, 3.05) is 16.8 Å². The van der Waals surface area contributed by atoms with Crippen LogP contribution in [0.2, 0.25) is 0 Å². The highest BCUT2D eigenvalue weighted by Crippen LogP contribution is 2.26. The lowest BCUT2D eigenvalue weighted by Crippen LogP contribution is -2.16. The molecule has 0 aliphatic rings. The molecular weight excluding hydrogens is 326 g/mol. The molecule has 1 heterocycles. The molecule has 2 rings (SSSR count). The lowest BCUT2D eigenvalue weighted by atomic mass is 10.3. The molecule has 122 valence electrons. The van der Waals surface area contributed by atoms with E-state index in [2.05, 4.69) is 20.0 Å². The highest BCUT2D eigenvalue weighted by Gasteiger charge is 2.12. The van der Waals surface area contributed by atoms with Gasteiger partial charge in [-0.15, -0.1) is 0 Å². The second kappa shape index (κ2) is 7.73. The number of para-hydroxylation sites is 2. The van der Waals surface area contributed by atoms with Gasteiger partial charge in [0.2, 0.25) is 5.91 Å². The Hall–Kier alpha value is -2.42. The summed E-state index contributed by atoms with van der Waals surface area (Å²) in [5, 5.41) is 2.88. The average Bonchev–Trinajstić information content (AvgIpc) is 2.46. The normalized spacial score (nSPS) is 10.6. The number of amides is 1. The number of anilines is 2. The Morgan fingerprint density at radius 3 is 2.83 bits per heavy atom. The molecule has 3 N–H and O–H groups in total. The Bertz CT molecular complexity index is 680. The maximum Gasteiger partial charge on any atom is 0.387 e. The van der Waals surface area contributed by atoms with Crippen molar-refractivity contribution in [1.82, 2.24) is 9.97 Å². The minimum absolute atomic E-state index is 0.00586. The Kier molecular flexibility index (Phi) is 5.69. The summed E-state index contributed by atoms with van der Waals surface area (Å²) in [7, 11) is 0. The van der Waals surface area contributed by atoms with E-state index in [0.29, 0.717) is 16.7 Å². The molecule has 0 atom stereocenters. The lowest BCUT2D eigenvalue weighted by molar-refractivity contribution is -0.113. The fourth-order valence-corrected chi connectivity index (χ4v) is 2.43. The first-order chi connectivity index (χ1) is 10.9. The maximum atomic E-state index is 12.3. The third-order valence-corrected chi connectivity index (χ3v) is 3.41. The number of hydrogen-bond acceptors (Lipinski definition) is 6. The quantitative estimate of drug-likeness (QED) is 0.621. The smallest absolute Gasteiger partial charge is 0.387 e. The summed E-state index contributed by atoms with van der Waals surface area (Å²) in [4.78, 5) is 20.1. The number of hydrogen-bond donors (Lipinski definition) is 2. The van der Waals surface area contributed by atoms with E-state index < -0.39 is 12.5 Å². The van der Waals surface area contributed by atoms with Crippen molar-refractivity contribution >= 4 is 29.2 Å². The molecule has 1 aromatic carbocycles. The number of ether oxygens (including phenoxy) is 1. The van der Waals surface area contributed by atoms with Crippen LogP contribution in [0.5, 0.6) is 5.75 Å². The molecule has 1 amide bonds. The van der Waals surface area contributed by atoms with E-state index in [1.807, 2.05) is 0 Å². The van der Waals surface area contributed by atoms with E-state index in [-0.39, 0.29) is 17.2 Å². The van der Waals surface area contributed by atoms with Crippen LogP contribution in [0.25, 0.3) is 0 Å². The van der Waals surface area contributed by atoms with Crippen LogP contribution in [-0.2, 0) is 4.79 Å².